The summed E-state index contributed by atoms with van der Waals surface area (Å²) in [6, 6.07) is 15.6. The van der Waals surface area contributed by atoms with Crippen molar-refractivity contribution in [2.45, 2.75) is 27.3 Å². The number of nitrogens with one attached hydrogen (secondary N) is 2. The molecule has 6 nitrogen and oxygen atoms in total. The van der Waals surface area contributed by atoms with Gasteiger partial charge in [0.1, 0.15) is 9.88 Å². The first-order valence-electron chi connectivity index (χ1n) is 9.76. The summed E-state index contributed by atoms with van der Waals surface area (Å²) in [5.41, 5.74) is 9.05. The number of carbonyl (C=O) groups is 2. The lowest BCUT2D eigenvalue weighted by molar-refractivity contribution is 0.0848. The first-order chi connectivity index (χ1) is 14.9. The van der Waals surface area contributed by atoms with Crippen LogP contribution in [-0.4, -0.2) is 21.4 Å². The van der Waals surface area contributed by atoms with Crippen molar-refractivity contribution in [1.29, 1.82) is 0 Å². The molecule has 4 aromatic rings. The quantitative estimate of drug-likeness (QED) is 0.432. The van der Waals surface area contributed by atoms with Gasteiger partial charge in [-0.05, 0) is 38.3 Å². The molecule has 8 heteroatoms. The minimum Gasteiger partial charge on any atom is -0.343 e. The second-order valence-electron chi connectivity index (χ2n) is 7.16. The topological polar surface area (TPSA) is 76.0 Å². The number of benzene rings is 1. The van der Waals surface area contributed by atoms with Crippen LogP contribution in [0.1, 0.15) is 42.0 Å². The number of rotatable bonds is 5. The lowest BCUT2D eigenvalue weighted by atomic mass is 10.2. The molecule has 0 saturated carbocycles. The van der Waals surface area contributed by atoms with Crippen LogP contribution < -0.4 is 10.9 Å². The fraction of sp³-hybridized carbons (Fsp3) is 0.174. The van der Waals surface area contributed by atoms with Gasteiger partial charge in [0, 0.05) is 21.8 Å². The highest BCUT2D eigenvalue weighted by Crippen LogP contribution is 2.27. The number of hydrazine groups is 1. The zero-order valence-electron chi connectivity index (χ0n) is 17.4. The van der Waals surface area contributed by atoms with Crippen LogP contribution >= 0.6 is 22.7 Å². The highest BCUT2D eigenvalue weighted by Gasteiger charge is 2.19. The summed E-state index contributed by atoms with van der Waals surface area (Å²) in [5.74, 6) is -0.720. The number of hydrogen-bond acceptors (Lipinski definition) is 5. The number of amides is 2. The van der Waals surface area contributed by atoms with Gasteiger partial charge in [-0.15, -0.1) is 22.7 Å². The Labute approximate surface area is 188 Å². The molecule has 0 saturated heterocycles. The molecule has 4 rings (SSSR count). The van der Waals surface area contributed by atoms with Crippen molar-refractivity contribution in [3.8, 4) is 10.6 Å². The molecule has 3 heterocycles. The molecule has 0 bridgehead atoms. The van der Waals surface area contributed by atoms with E-state index in [2.05, 4.69) is 26.5 Å². The largest absolute Gasteiger partial charge is 0.343 e. The predicted octanol–water partition coefficient (Wildman–Crippen LogP) is 4.72. The van der Waals surface area contributed by atoms with Crippen molar-refractivity contribution in [2.75, 3.05) is 0 Å². The van der Waals surface area contributed by atoms with Gasteiger partial charge in [0.15, 0.2) is 0 Å². The van der Waals surface area contributed by atoms with Gasteiger partial charge in [-0.2, -0.15) is 0 Å². The third-order valence-electron chi connectivity index (χ3n) is 5.03. The number of hydrogen-bond donors (Lipinski definition) is 2. The average Bonchev–Trinajstić information content (AvgIpc) is 3.49. The zero-order chi connectivity index (χ0) is 22.0. The first-order valence-corrected chi connectivity index (χ1v) is 11.5. The molecule has 0 aliphatic rings. The van der Waals surface area contributed by atoms with Crippen molar-refractivity contribution in [3.05, 3.63) is 86.3 Å². The lowest BCUT2D eigenvalue weighted by Crippen LogP contribution is -2.41. The Morgan fingerprint density at radius 1 is 1.00 bits per heavy atom. The van der Waals surface area contributed by atoms with Crippen molar-refractivity contribution in [3.63, 3.8) is 0 Å². The Hall–Kier alpha value is -3.23. The van der Waals surface area contributed by atoms with Crippen molar-refractivity contribution < 1.29 is 9.59 Å². The molecule has 31 heavy (non-hydrogen) atoms. The maximum atomic E-state index is 12.7. The Kier molecular flexibility index (Phi) is 6.01. The average molecular weight is 451 g/mol. The first kappa shape index (κ1) is 21.0. The second kappa shape index (κ2) is 8.87. The number of nitrogens with zero attached hydrogens (tertiary/aromatic N) is 2. The van der Waals surface area contributed by atoms with Crippen LogP contribution in [0.5, 0.6) is 0 Å². The van der Waals surface area contributed by atoms with Gasteiger partial charge in [-0.25, -0.2) is 4.98 Å². The summed E-state index contributed by atoms with van der Waals surface area (Å²) in [4.78, 5) is 31.6. The molecule has 0 atom stereocenters. The summed E-state index contributed by atoms with van der Waals surface area (Å²) in [5, 5.41) is 2.81. The molecule has 0 spiro atoms. The molecule has 1 aromatic carbocycles. The van der Waals surface area contributed by atoms with Crippen molar-refractivity contribution in [1.82, 2.24) is 20.4 Å². The van der Waals surface area contributed by atoms with Gasteiger partial charge in [0.05, 0.1) is 17.8 Å². The van der Waals surface area contributed by atoms with Crippen LogP contribution in [0.25, 0.3) is 10.6 Å². The molecule has 0 aliphatic carbocycles. The molecule has 3 aromatic heterocycles. The van der Waals surface area contributed by atoms with E-state index in [1.165, 1.54) is 16.2 Å². The summed E-state index contributed by atoms with van der Waals surface area (Å²) in [6.07, 6.45) is 0. The normalized spacial score (nSPS) is 10.8. The van der Waals surface area contributed by atoms with E-state index in [9.17, 15) is 9.59 Å². The van der Waals surface area contributed by atoms with Crippen LogP contribution in [0.3, 0.4) is 0 Å². The van der Waals surface area contributed by atoms with E-state index in [0.717, 1.165) is 28.5 Å². The van der Waals surface area contributed by atoms with E-state index in [1.807, 2.05) is 61.7 Å². The molecule has 2 amide bonds. The van der Waals surface area contributed by atoms with E-state index in [0.29, 0.717) is 16.1 Å². The third kappa shape index (κ3) is 4.45. The summed E-state index contributed by atoms with van der Waals surface area (Å²) in [7, 11) is 0. The monoisotopic (exact) mass is 450 g/mol. The third-order valence-corrected chi connectivity index (χ3v) is 7.09. The fourth-order valence-corrected chi connectivity index (χ4v) is 5.04. The van der Waals surface area contributed by atoms with E-state index in [-0.39, 0.29) is 11.8 Å². The molecule has 158 valence electrons. The Morgan fingerprint density at radius 3 is 2.45 bits per heavy atom. The molecular weight excluding hydrogens is 428 g/mol. The Balaban J connectivity index is 1.45. The van der Waals surface area contributed by atoms with Gasteiger partial charge in [-0.3, -0.25) is 20.4 Å². The van der Waals surface area contributed by atoms with Gasteiger partial charge < -0.3 is 4.57 Å². The highest BCUT2D eigenvalue weighted by molar-refractivity contribution is 7.17. The number of aryl methyl sites for hydroxylation is 2. The Morgan fingerprint density at radius 2 is 1.74 bits per heavy atom. The minimum absolute atomic E-state index is 0.343. The SMILES string of the molecule is Cc1nc(-c2ccccc2)sc1C(=O)NNC(=O)c1cc(C)n(Cc2cccs2)c1C. The van der Waals surface area contributed by atoms with Crippen molar-refractivity contribution >= 4 is 34.5 Å². The summed E-state index contributed by atoms with van der Waals surface area (Å²) >= 11 is 2.99. The van der Waals surface area contributed by atoms with Gasteiger partial charge >= 0.3 is 0 Å². The number of thiophene rings is 1. The van der Waals surface area contributed by atoms with Crippen LogP contribution in [-0.2, 0) is 6.54 Å². The number of aromatic nitrogens is 2. The molecule has 0 unspecified atom stereocenters. The maximum Gasteiger partial charge on any atom is 0.281 e. The van der Waals surface area contributed by atoms with Crippen LogP contribution in [0.2, 0.25) is 0 Å². The second-order valence-corrected chi connectivity index (χ2v) is 9.19. The minimum atomic E-state index is -0.377. The van der Waals surface area contributed by atoms with Crippen LogP contribution in [0.4, 0.5) is 0 Å². The predicted molar refractivity (Wildman–Crippen MR) is 125 cm³/mol. The zero-order valence-corrected chi connectivity index (χ0v) is 19.1. The summed E-state index contributed by atoms with van der Waals surface area (Å²) < 4.78 is 2.10. The van der Waals surface area contributed by atoms with Crippen LogP contribution in [0.15, 0.2) is 53.9 Å². The highest BCUT2D eigenvalue weighted by atomic mass is 32.1. The smallest absolute Gasteiger partial charge is 0.281 e. The van der Waals surface area contributed by atoms with Gasteiger partial charge in [0.25, 0.3) is 11.8 Å². The molecular formula is C23H22N4O2S2. The molecule has 2 N–H and O–H groups in total. The van der Waals surface area contributed by atoms with Crippen LogP contribution in [0, 0.1) is 20.8 Å². The van der Waals surface area contributed by atoms with E-state index in [4.69, 9.17) is 0 Å². The van der Waals surface area contributed by atoms with E-state index >= 15 is 0 Å². The van der Waals surface area contributed by atoms with Gasteiger partial charge in [-0.1, -0.05) is 36.4 Å². The number of carbonyl (C=O) groups excluding carboxylic acids is 2. The Bertz CT molecular complexity index is 1220. The summed E-state index contributed by atoms with van der Waals surface area (Å²) in [6.45, 7) is 6.40. The number of thiazole rings is 1. The lowest BCUT2D eigenvalue weighted by Gasteiger charge is -2.09. The maximum absolute atomic E-state index is 12.7. The molecule has 0 fully saturated rings. The fourth-order valence-electron chi connectivity index (χ4n) is 3.38. The van der Waals surface area contributed by atoms with E-state index < -0.39 is 0 Å². The van der Waals surface area contributed by atoms with E-state index in [1.54, 1.807) is 18.3 Å². The van der Waals surface area contributed by atoms with Gasteiger partial charge in [0.2, 0.25) is 0 Å². The standard InChI is InChI=1S/C23H22N4O2S2/c1-14-12-19(16(3)27(14)13-18-10-7-11-30-18)21(28)25-26-22(29)20-15(2)24-23(31-20)17-8-5-4-6-9-17/h4-12H,13H2,1-3H3,(H,25,28)(H,26,29). The van der Waals surface area contributed by atoms with Crippen molar-refractivity contribution in [2.24, 2.45) is 0 Å². The molecule has 0 aliphatic heterocycles. The molecule has 0 radical (unpaired) electrons.